The van der Waals surface area contributed by atoms with E-state index in [2.05, 4.69) is 4.40 Å². The second-order valence-electron chi connectivity index (χ2n) is 3.96. The first-order valence-electron chi connectivity index (χ1n) is 5.57. The third-order valence-corrected chi connectivity index (χ3v) is 3.82. The minimum atomic E-state index is -0.390. The van der Waals surface area contributed by atoms with Crippen molar-refractivity contribution in [2.24, 2.45) is 4.40 Å². The highest BCUT2D eigenvalue weighted by Gasteiger charge is 2.23. The molecule has 0 radical (unpaired) electrons. The first-order valence-corrected chi connectivity index (χ1v) is 6.89. The molecule has 0 saturated carbocycles. The number of benzene rings is 1. The van der Waals surface area contributed by atoms with Gasteiger partial charge in [-0.15, -0.1) is 0 Å². The van der Waals surface area contributed by atoms with Gasteiger partial charge in [0.2, 0.25) is 0 Å². The van der Waals surface area contributed by atoms with E-state index in [1.165, 1.54) is 11.9 Å². The molecule has 0 spiro atoms. The van der Waals surface area contributed by atoms with Crippen LogP contribution in [0.3, 0.4) is 0 Å². The van der Waals surface area contributed by atoms with Crippen molar-refractivity contribution in [3.63, 3.8) is 0 Å². The Hall–Kier alpha value is -1.26. The zero-order valence-electron chi connectivity index (χ0n) is 9.44. The first kappa shape index (κ1) is 11.8. The van der Waals surface area contributed by atoms with E-state index in [-0.39, 0.29) is 10.8 Å². The van der Waals surface area contributed by atoms with Crippen molar-refractivity contribution in [1.82, 2.24) is 4.90 Å². The SMILES string of the molecule is Fc1c(Cl)cccc1C1=CC=CN2CCSN=C12. The average Bonchev–Trinajstić information content (AvgIpc) is 2.41. The van der Waals surface area contributed by atoms with E-state index in [1.54, 1.807) is 18.2 Å². The molecule has 3 rings (SSSR count). The summed E-state index contributed by atoms with van der Waals surface area (Å²) in [7, 11) is 0. The Balaban J connectivity index is 2.11. The van der Waals surface area contributed by atoms with Crippen molar-refractivity contribution < 1.29 is 4.39 Å². The van der Waals surface area contributed by atoms with Gasteiger partial charge in [0, 0.05) is 29.6 Å². The van der Waals surface area contributed by atoms with Crippen LogP contribution in [0.5, 0.6) is 0 Å². The standard InChI is InChI=1S/C13H10ClFN2S/c14-11-5-1-3-9(12(11)15)10-4-2-6-17-7-8-18-16-13(10)17/h1-6H,7-8H2. The summed E-state index contributed by atoms with van der Waals surface area (Å²) in [6.45, 7) is 0.888. The molecule has 2 aliphatic rings. The summed E-state index contributed by atoms with van der Waals surface area (Å²) >= 11 is 7.33. The number of fused-ring (bicyclic) bond motifs is 1. The minimum absolute atomic E-state index is 0.138. The lowest BCUT2D eigenvalue weighted by Gasteiger charge is -2.29. The molecule has 1 aromatic rings. The number of allylic oxidation sites excluding steroid dienone is 2. The van der Waals surface area contributed by atoms with Crippen LogP contribution in [0.15, 0.2) is 40.9 Å². The summed E-state index contributed by atoms with van der Waals surface area (Å²) < 4.78 is 18.5. The highest BCUT2D eigenvalue weighted by Crippen LogP contribution is 2.30. The predicted octanol–water partition coefficient (Wildman–Crippen LogP) is 3.75. The molecule has 0 aliphatic carbocycles. The van der Waals surface area contributed by atoms with Crippen molar-refractivity contribution in [3.8, 4) is 0 Å². The van der Waals surface area contributed by atoms with E-state index >= 15 is 0 Å². The molecule has 1 aromatic carbocycles. The topological polar surface area (TPSA) is 15.6 Å². The fraction of sp³-hybridized carbons (Fsp3) is 0.154. The number of amidine groups is 1. The molecular weight excluding hydrogens is 271 g/mol. The van der Waals surface area contributed by atoms with Crippen LogP contribution in [0.4, 0.5) is 4.39 Å². The molecule has 18 heavy (non-hydrogen) atoms. The smallest absolute Gasteiger partial charge is 0.149 e. The minimum Gasteiger partial charge on any atom is -0.331 e. The summed E-state index contributed by atoms with van der Waals surface area (Å²) in [5.41, 5.74) is 1.28. The van der Waals surface area contributed by atoms with Gasteiger partial charge in [-0.25, -0.2) is 4.39 Å². The summed E-state index contributed by atoms with van der Waals surface area (Å²) in [4.78, 5) is 2.03. The fourth-order valence-electron chi connectivity index (χ4n) is 1.99. The molecule has 0 fully saturated rings. The number of rotatable bonds is 1. The maximum atomic E-state index is 14.1. The zero-order chi connectivity index (χ0) is 12.5. The Kier molecular flexibility index (Phi) is 3.14. The molecule has 0 aromatic heterocycles. The number of halogens is 2. The van der Waals surface area contributed by atoms with E-state index < -0.39 is 0 Å². The Morgan fingerprint density at radius 1 is 1.39 bits per heavy atom. The summed E-state index contributed by atoms with van der Waals surface area (Å²) in [5.74, 6) is 1.35. The van der Waals surface area contributed by atoms with E-state index in [4.69, 9.17) is 11.6 Å². The van der Waals surface area contributed by atoms with Crippen LogP contribution in [0, 0.1) is 5.82 Å². The molecule has 2 nitrogen and oxygen atoms in total. The second kappa shape index (κ2) is 4.78. The van der Waals surface area contributed by atoms with Gasteiger partial charge < -0.3 is 4.90 Å². The van der Waals surface area contributed by atoms with Crippen LogP contribution < -0.4 is 0 Å². The molecule has 5 heteroatoms. The fourth-order valence-corrected chi connectivity index (χ4v) is 2.86. The first-order chi connectivity index (χ1) is 8.77. The maximum absolute atomic E-state index is 14.1. The van der Waals surface area contributed by atoms with Gasteiger partial charge in [-0.05, 0) is 30.2 Å². The number of nitrogens with zero attached hydrogens (tertiary/aromatic N) is 2. The number of hydrogen-bond acceptors (Lipinski definition) is 3. The molecule has 92 valence electrons. The van der Waals surface area contributed by atoms with Crippen molar-refractivity contribution >= 4 is 35.0 Å². The van der Waals surface area contributed by atoms with Crippen LogP contribution >= 0.6 is 23.5 Å². The van der Waals surface area contributed by atoms with Gasteiger partial charge in [0.15, 0.2) is 0 Å². The Morgan fingerprint density at radius 3 is 3.17 bits per heavy atom. The quantitative estimate of drug-likeness (QED) is 0.728. The monoisotopic (exact) mass is 280 g/mol. The van der Waals surface area contributed by atoms with Gasteiger partial charge in [-0.3, -0.25) is 0 Å². The lowest BCUT2D eigenvalue weighted by atomic mass is 10.0. The van der Waals surface area contributed by atoms with Crippen LogP contribution in [0.25, 0.3) is 5.57 Å². The highest BCUT2D eigenvalue weighted by molar-refractivity contribution is 7.98. The van der Waals surface area contributed by atoms with Gasteiger partial charge >= 0.3 is 0 Å². The molecule has 0 saturated heterocycles. The summed E-state index contributed by atoms with van der Waals surface area (Å²) in [6, 6.07) is 5.03. The lowest BCUT2D eigenvalue weighted by molar-refractivity contribution is 0.591. The van der Waals surface area contributed by atoms with Crippen LogP contribution in [-0.4, -0.2) is 23.0 Å². The molecule has 2 aliphatic heterocycles. The Labute approximate surface area is 114 Å². The van der Waals surface area contributed by atoms with E-state index in [0.717, 1.165) is 23.7 Å². The molecule has 0 unspecified atom stereocenters. The maximum Gasteiger partial charge on any atom is 0.149 e. The third-order valence-electron chi connectivity index (χ3n) is 2.86. The Morgan fingerprint density at radius 2 is 2.28 bits per heavy atom. The summed E-state index contributed by atoms with van der Waals surface area (Å²) in [5, 5.41) is 0.138. The lowest BCUT2D eigenvalue weighted by Crippen LogP contribution is -2.32. The van der Waals surface area contributed by atoms with Crippen molar-refractivity contribution in [2.75, 3.05) is 12.3 Å². The van der Waals surface area contributed by atoms with E-state index in [0.29, 0.717) is 5.56 Å². The zero-order valence-corrected chi connectivity index (χ0v) is 11.0. The number of hydrogen-bond donors (Lipinski definition) is 0. The normalized spacial score (nSPS) is 18.2. The van der Waals surface area contributed by atoms with Gasteiger partial charge in [0.25, 0.3) is 0 Å². The third kappa shape index (κ3) is 1.95. The average molecular weight is 281 g/mol. The Bertz CT molecular complexity index is 580. The molecule has 0 amide bonds. The highest BCUT2D eigenvalue weighted by atomic mass is 35.5. The van der Waals surface area contributed by atoms with Crippen molar-refractivity contribution in [3.05, 3.63) is 53.0 Å². The molecule has 0 bridgehead atoms. The molecule has 0 N–H and O–H groups in total. The van der Waals surface area contributed by atoms with Gasteiger partial charge in [0.05, 0.1) is 5.02 Å². The van der Waals surface area contributed by atoms with E-state index in [9.17, 15) is 4.39 Å². The summed E-state index contributed by atoms with van der Waals surface area (Å²) in [6.07, 6.45) is 5.74. The van der Waals surface area contributed by atoms with E-state index in [1.807, 2.05) is 23.3 Å². The van der Waals surface area contributed by atoms with Crippen molar-refractivity contribution in [2.45, 2.75) is 0 Å². The van der Waals surface area contributed by atoms with Crippen molar-refractivity contribution in [1.29, 1.82) is 0 Å². The molecule has 2 heterocycles. The van der Waals surface area contributed by atoms with Crippen LogP contribution in [0.2, 0.25) is 5.02 Å². The van der Waals surface area contributed by atoms with Crippen LogP contribution in [0.1, 0.15) is 5.56 Å². The second-order valence-corrected chi connectivity index (χ2v) is 5.22. The van der Waals surface area contributed by atoms with Gasteiger partial charge in [-0.1, -0.05) is 23.7 Å². The molecular formula is C13H10ClFN2S. The van der Waals surface area contributed by atoms with Crippen LogP contribution in [-0.2, 0) is 0 Å². The van der Waals surface area contributed by atoms with Gasteiger partial charge in [-0.2, -0.15) is 4.40 Å². The molecule has 0 atom stereocenters. The predicted molar refractivity (Wildman–Crippen MR) is 75.1 cm³/mol. The largest absolute Gasteiger partial charge is 0.331 e. The van der Waals surface area contributed by atoms with Gasteiger partial charge in [0.1, 0.15) is 11.7 Å².